The van der Waals surface area contributed by atoms with Gasteiger partial charge in [0.2, 0.25) is 18.5 Å². The highest BCUT2D eigenvalue weighted by atomic mass is 35.5. The number of carbonyl (C=O) groups excluding carboxylic acids is 2. The number of aromatic nitrogens is 2. The summed E-state index contributed by atoms with van der Waals surface area (Å²) in [6, 6.07) is 10.0. The normalized spacial score (nSPS) is 21.0. The number of ether oxygens (including phenoxy) is 2. The molecule has 0 N–H and O–H groups in total. The Morgan fingerprint density at radius 2 is 1.94 bits per heavy atom. The van der Waals surface area contributed by atoms with Crippen molar-refractivity contribution in [3.63, 3.8) is 0 Å². The van der Waals surface area contributed by atoms with Gasteiger partial charge in [-0.1, -0.05) is 28.0 Å². The minimum atomic E-state index is -0.933. The molecule has 0 unspecified atom stereocenters. The average molecular weight is 453 g/mol. The van der Waals surface area contributed by atoms with Crippen molar-refractivity contribution in [1.29, 1.82) is 0 Å². The van der Waals surface area contributed by atoms with Crippen molar-refractivity contribution in [2.24, 2.45) is 10.3 Å². The first-order valence-electron chi connectivity index (χ1n) is 9.62. The van der Waals surface area contributed by atoms with Crippen molar-refractivity contribution in [1.82, 2.24) is 15.1 Å². The Labute approximate surface area is 185 Å². The van der Waals surface area contributed by atoms with Gasteiger partial charge in [0.1, 0.15) is 6.54 Å². The van der Waals surface area contributed by atoms with E-state index in [4.69, 9.17) is 25.6 Å². The molecule has 3 aliphatic rings. The highest BCUT2D eigenvalue weighted by molar-refractivity contribution is 6.31. The lowest BCUT2D eigenvalue weighted by Gasteiger charge is -2.19. The maximum atomic E-state index is 13.1. The second kappa shape index (κ2) is 7.02. The van der Waals surface area contributed by atoms with Crippen LogP contribution in [0.25, 0.3) is 11.4 Å². The van der Waals surface area contributed by atoms with Gasteiger partial charge in [-0.3, -0.25) is 14.6 Å². The van der Waals surface area contributed by atoms with Gasteiger partial charge in [0.15, 0.2) is 23.6 Å². The van der Waals surface area contributed by atoms with Crippen LogP contribution in [0.3, 0.4) is 0 Å². The largest absolute Gasteiger partial charge is 0.454 e. The van der Waals surface area contributed by atoms with E-state index < -0.39 is 23.9 Å². The summed E-state index contributed by atoms with van der Waals surface area (Å²) in [4.78, 5) is 31.3. The lowest BCUT2D eigenvalue weighted by Crippen LogP contribution is -2.39. The van der Waals surface area contributed by atoms with Gasteiger partial charge < -0.3 is 14.0 Å². The molecule has 11 nitrogen and oxygen atoms in total. The number of carbonyl (C=O) groups is 2. The van der Waals surface area contributed by atoms with Crippen molar-refractivity contribution in [3.8, 4) is 22.9 Å². The number of imide groups is 1. The quantitative estimate of drug-likeness (QED) is 0.553. The molecule has 1 fully saturated rings. The molecule has 1 saturated heterocycles. The molecule has 160 valence electrons. The number of fused-ring (bicyclic) bond motifs is 2. The van der Waals surface area contributed by atoms with Crippen LogP contribution >= 0.6 is 11.6 Å². The molecular formula is C20H13ClN6O5. The number of rotatable bonds is 4. The topological polar surface area (TPSA) is 123 Å². The first-order valence-corrected chi connectivity index (χ1v) is 10.00. The van der Waals surface area contributed by atoms with E-state index in [0.717, 1.165) is 4.90 Å². The van der Waals surface area contributed by atoms with E-state index in [1.807, 2.05) is 0 Å². The average Bonchev–Trinajstić information content (AvgIpc) is 3.55. The molecule has 1 aromatic heterocycles. The highest BCUT2D eigenvalue weighted by Gasteiger charge is 2.55. The van der Waals surface area contributed by atoms with Crippen molar-refractivity contribution in [2.45, 2.75) is 18.6 Å². The van der Waals surface area contributed by atoms with Crippen LogP contribution in [0, 0.1) is 0 Å². The molecule has 2 atom stereocenters. The molecule has 0 spiro atoms. The number of halogens is 1. The number of anilines is 1. The fourth-order valence-corrected chi connectivity index (χ4v) is 4.02. The Kier molecular flexibility index (Phi) is 4.12. The minimum Gasteiger partial charge on any atom is -0.454 e. The summed E-state index contributed by atoms with van der Waals surface area (Å²) in [5, 5.41) is 13.8. The van der Waals surface area contributed by atoms with Gasteiger partial charge in [0.25, 0.3) is 11.8 Å². The van der Waals surface area contributed by atoms with Gasteiger partial charge in [0, 0.05) is 10.6 Å². The summed E-state index contributed by atoms with van der Waals surface area (Å²) in [7, 11) is 0. The Morgan fingerprint density at radius 3 is 2.81 bits per heavy atom. The zero-order chi connectivity index (χ0) is 21.8. The van der Waals surface area contributed by atoms with Gasteiger partial charge in [-0.15, -0.1) is 0 Å². The van der Waals surface area contributed by atoms with Crippen LogP contribution < -0.4 is 14.4 Å². The molecule has 2 aromatic carbocycles. The summed E-state index contributed by atoms with van der Waals surface area (Å²) in [6.07, 6.45) is 0. The monoisotopic (exact) mass is 452 g/mol. The van der Waals surface area contributed by atoms with Crippen LogP contribution in [0.4, 0.5) is 5.69 Å². The van der Waals surface area contributed by atoms with Crippen molar-refractivity contribution < 1.29 is 23.6 Å². The molecular weight excluding hydrogens is 440 g/mol. The minimum absolute atomic E-state index is 0.0185. The molecule has 6 rings (SSSR count). The maximum absolute atomic E-state index is 13.1. The number of amides is 2. The van der Waals surface area contributed by atoms with Crippen LogP contribution in [-0.4, -0.2) is 45.8 Å². The summed E-state index contributed by atoms with van der Waals surface area (Å²) < 4.78 is 16.0. The van der Waals surface area contributed by atoms with Crippen molar-refractivity contribution >= 4 is 29.1 Å². The first-order chi connectivity index (χ1) is 15.6. The summed E-state index contributed by atoms with van der Waals surface area (Å²) in [5.74, 6) is 0.915. The molecule has 32 heavy (non-hydrogen) atoms. The Bertz CT molecular complexity index is 1290. The zero-order valence-electron chi connectivity index (χ0n) is 16.2. The van der Waals surface area contributed by atoms with Crippen LogP contribution in [0.15, 0.2) is 57.3 Å². The predicted octanol–water partition coefficient (Wildman–Crippen LogP) is 2.61. The predicted molar refractivity (Wildman–Crippen MR) is 108 cm³/mol. The molecule has 3 aliphatic heterocycles. The zero-order valence-corrected chi connectivity index (χ0v) is 17.0. The Balaban J connectivity index is 1.22. The van der Waals surface area contributed by atoms with Gasteiger partial charge in [-0.2, -0.15) is 10.1 Å². The van der Waals surface area contributed by atoms with Gasteiger partial charge >= 0.3 is 0 Å². The molecule has 12 heteroatoms. The second-order valence-electron chi connectivity index (χ2n) is 7.26. The van der Waals surface area contributed by atoms with Crippen LogP contribution in [0.5, 0.6) is 11.5 Å². The van der Waals surface area contributed by atoms with Gasteiger partial charge in [-0.05, 0) is 36.4 Å². The van der Waals surface area contributed by atoms with E-state index in [1.54, 1.807) is 42.5 Å². The maximum Gasteiger partial charge on any atom is 0.263 e. The fraction of sp³-hybridized carbons (Fsp3) is 0.200. The lowest BCUT2D eigenvalue weighted by molar-refractivity contribution is -0.123. The second-order valence-corrected chi connectivity index (χ2v) is 7.70. The van der Waals surface area contributed by atoms with E-state index >= 15 is 0 Å². The number of nitrogens with zero attached hydrogens (tertiary/aromatic N) is 6. The standard InChI is InChI=1S/C20H13ClN6O5/c21-11-2-1-3-12(7-11)27-19(28)16-17(20(27)29)26(25-23-16)8-15-22-18(24-32-15)10-4-5-13-14(6-10)31-9-30-13/h1-7,16-17H,8-9H2/t16-,17+/m0/s1. The van der Waals surface area contributed by atoms with Gasteiger partial charge in [0.05, 0.1) is 5.69 Å². The molecule has 2 amide bonds. The van der Waals surface area contributed by atoms with E-state index in [-0.39, 0.29) is 19.2 Å². The third-order valence-electron chi connectivity index (χ3n) is 5.32. The molecule has 0 radical (unpaired) electrons. The van der Waals surface area contributed by atoms with Crippen LogP contribution in [0.1, 0.15) is 5.89 Å². The van der Waals surface area contributed by atoms with E-state index in [0.29, 0.717) is 33.6 Å². The smallest absolute Gasteiger partial charge is 0.263 e. The Hall–Kier alpha value is -3.99. The number of hydrogen-bond donors (Lipinski definition) is 0. The number of hydrogen-bond acceptors (Lipinski definition) is 10. The van der Waals surface area contributed by atoms with E-state index in [1.165, 1.54) is 5.01 Å². The summed E-state index contributed by atoms with van der Waals surface area (Å²) in [5.41, 5.74) is 1.07. The highest BCUT2D eigenvalue weighted by Crippen LogP contribution is 2.36. The summed E-state index contributed by atoms with van der Waals surface area (Å²) >= 11 is 6.02. The molecule has 0 aliphatic carbocycles. The van der Waals surface area contributed by atoms with E-state index in [9.17, 15) is 9.59 Å². The molecule has 0 bridgehead atoms. The fourth-order valence-electron chi connectivity index (χ4n) is 3.83. The summed E-state index contributed by atoms with van der Waals surface area (Å²) in [6.45, 7) is 0.183. The third-order valence-corrected chi connectivity index (χ3v) is 5.56. The molecule has 4 heterocycles. The van der Waals surface area contributed by atoms with Crippen LogP contribution in [-0.2, 0) is 16.1 Å². The van der Waals surface area contributed by atoms with Crippen LogP contribution in [0.2, 0.25) is 5.02 Å². The number of benzene rings is 2. The van der Waals surface area contributed by atoms with Crippen molar-refractivity contribution in [3.05, 3.63) is 53.4 Å². The molecule has 0 saturated carbocycles. The first kappa shape index (κ1) is 18.8. The van der Waals surface area contributed by atoms with E-state index in [2.05, 4.69) is 20.5 Å². The molecule has 3 aromatic rings. The third kappa shape index (κ3) is 2.89. The lowest BCUT2D eigenvalue weighted by atomic mass is 10.1. The Morgan fingerprint density at radius 1 is 1.06 bits per heavy atom. The van der Waals surface area contributed by atoms with Crippen molar-refractivity contribution in [2.75, 3.05) is 11.7 Å². The SMILES string of the molecule is O=C1[C@H]2N=NN(Cc3nc(-c4ccc5c(c4)OCO5)no3)[C@H]2C(=O)N1c1cccc(Cl)c1. The van der Waals surface area contributed by atoms with Gasteiger partial charge in [-0.25, -0.2) is 4.90 Å².